The first kappa shape index (κ1) is 13.6. The second-order valence-electron chi connectivity index (χ2n) is 4.82. The maximum absolute atomic E-state index is 5.55. The summed E-state index contributed by atoms with van der Waals surface area (Å²) in [4.78, 5) is 4.12. The Bertz CT molecular complexity index is 783. The highest BCUT2D eigenvalue weighted by Gasteiger charge is 2.28. The average Bonchev–Trinajstić information content (AvgIpc) is 3.23. The van der Waals surface area contributed by atoms with E-state index in [0.29, 0.717) is 17.1 Å². The minimum Gasteiger partial charge on any atom is -0.368 e. The van der Waals surface area contributed by atoms with E-state index in [4.69, 9.17) is 5.73 Å². The van der Waals surface area contributed by atoms with Crippen LogP contribution < -0.4 is 5.73 Å². The van der Waals surface area contributed by atoms with E-state index in [1.54, 1.807) is 23.5 Å². The Balaban J connectivity index is 1.58. The number of H-pyrrole nitrogens is 1. The van der Waals surface area contributed by atoms with Crippen molar-refractivity contribution in [3.8, 4) is 11.4 Å². The van der Waals surface area contributed by atoms with Crippen molar-refractivity contribution in [3.63, 3.8) is 0 Å². The van der Waals surface area contributed by atoms with Gasteiger partial charge in [0.25, 0.3) is 0 Å². The number of fused-ring (bicyclic) bond motifs is 1. The number of hydrogen-bond acceptors (Lipinski definition) is 7. The van der Waals surface area contributed by atoms with Gasteiger partial charge in [0.05, 0.1) is 6.04 Å². The molecule has 112 valence electrons. The smallest absolute Gasteiger partial charge is 0.216 e. The van der Waals surface area contributed by atoms with E-state index in [1.807, 2.05) is 18.2 Å². The lowest BCUT2D eigenvalue weighted by Crippen LogP contribution is -2.11. The van der Waals surface area contributed by atoms with Crippen LogP contribution in [-0.2, 0) is 0 Å². The molecule has 3 N–H and O–H groups in total. The zero-order valence-electron chi connectivity index (χ0n) is 11.5. The summed E-state index contributed by atoms with van der Waals surface area (Å²) < 4.78 is 2.21. The molecule has 0 saturated carbocycles. The van der Waals surface area contributed by atoms with Crippen molar-refractivity contribution in [2.45, 2.75) is 16.4 Å². The van der Waals surface area contributed by atoms with Crippen LogP contribution in [0.1, 0.15) is 6.04 Å². The van der Waals surface area contributed by atoms with Gasteiger partial charge < -0.3 is 5.73 Å². The number of nitrogens with two attached hydrogens (primary N) is 1. The molecule has 3 aromatic rings. The summed E-state index contributed by atoms with van der Waals surface area (Å²) in [5.41, 5.74) is 6.63. The molecule has 7 nitrogen and oxygen atoms in total. The lowest BCUT2D eigenvalue weighted by molar-refractivity contribution is 0.596. The van der Waals surface area contributed by atoms with Crippen LogP contribution in [-0.4, -0.2) is 41.5 Å². The molecule has 1 aliphatic rings. The number of nitrogen functional groups attached to an aromatic ring is 1. The normalized spacial score (nSPS) is 16.8. The molecule has 0 amide bonds. The van der Waals surface area contributed by atoms with E-state index in [2.05, 4.69) is 42.1 Å². The first-order chi connectivity index (χ1) is 10.8. The third-order valence-corrected chi connectivity index (χ3v) is 5.43. The summed E-state index contributed by atoms with van der Waals surface area (Å²) in [6.45, 7) is 0. The summed E-state index contributed by atoms with van der Waals surface area (Å²) in [5, 5.41) is 17.0. The summed E-state index contributed by atoms with van der Waals surface area (Å²) in [5.74, 6) is 3.10. The van der Waals surface area contributed by atoms with E-state index in [0.717, 1.165) is 28.0 Å². The van der Waals surface area contributed by atoms with Crippen LogP contribution in [0.5, 0.6) is 0 Å². The van der Waals surface area contributed by atoms with Gasteiger partial charge in [0, 0.05) is 17.1 Å². The molecule has 1 aromatic carbocycles. The minimum absolute atomic E-state index is 0.315. The molecular weight excluding hydrogens is 318 g/mol. The van der Waals surface area contributed by atoms with Gasteiger partial charge in [-0.15, -0.1) is 15.3 Å². The highest BCUT2D eigenvalue weighted by atomic mass is 32.2. The highest BCUT2D eigenvalue weighted by molar-refractivity contribution is 8.00. The molecule has 0 spiro atoms. The molecule has 22 heavy (non-hydrogen) atoms. The Morgan fingerprint density at radius 1 is 1.32 bits per heavy atom. The van der Waals surface area contributed by atoms with Gasteiger partial charge in [-0.1, -0.05) is 53.9 Å². The Morgan fingerprint density at radius 2 is 2.18 bits per heavy atom. The standard InChI is InChI=1S/C13H13N7S2/c14-11-15-12(18-17-11)21-6-9-7-22-13-19-16-10(20(9)13)8-4-2-1-3-5-8/h1-5,9H,6-7H2,(H3,14,15,17,18)/t9-/m0/s1. The number of nitrogens with zero attached hydrogens (tertiary/aromatic N) is 5. The van der Waals surface area contributed by atoms with Crippen LogP contribution in [0.3, 0.4) is 0 Å². The molecule has 4 rings (SSSR count). The van der Waals surface area contributed by atoms with Gasteiger partial charge in [0.15, 0.2) is 11.0 Å². The molecule has 3 heterocycles. The largest absolute Gasteiger partial charge is 0.368 e. The van der Waals surface area contributed by atoms with Crippen molar-refractivity contribution < 1.29 is 0 Å². The van der Waals surface area contributed by atoms with Gasteiger partial charge in [-0.05, 0) is 0 Å². The topological polar surface area (TPSA) is 98.3 Å². The van der Waals surface area contributed by atoms with Crippen molar-refractivity contribution >= 4 is 29.5 Å². The Morgan fingerprint density at radius 3 is 2.95 bits per heavy atom. The van der Waals surface area contributed by atoms with Gasteiger partial charge in [-0.2, -0.15) is 4.98 Å². The van der Waals surface area contributed by atoms with Gasteiger partial charge in [0.1, 0.15) is 0 Å². The molecular formula is C13H13N7S2. The van der Waals surface area contributed by atoms with Crippen LogP contribution in [0.15, 0.2) is 40.6 Å². The number of benzene rings is 1. The molecule has 0 fully saturated rings. The average molecular weight is 331 g/mol. The third kappa shape index (κ3) is 2.46. The van der Waals surface area contributed by atoms with E-state index < -0.39 is 0 Å². The third-order valence-electron chi connectivity index (χ3n) is 3.35. The summed E-state index contributed by atoms with van der Waals surface area (Å²) >= 11 is 3.32. The van der Waals surface area contributed by atoms with E-state index >= 15 is 0 Å². The van der Waals surface area contributed by atoms with Gasteiger partial charge in [0.2, 0.25) is 11.1 Å². The molecule has 0 radical (unpaired) electrons. The first-order valence-electron chi connectivity index (χ1n) is 6.75. The maximum Gasteiger partial charge on any atom is 0.216 e. The second-order valence-corrected chi connectivity index (χ2v) is 6.80. The molecule has 0 aliphatic carbocycles. The molecule has 1 atom stereocenters. The zero-order valence-corrected chi connectivity index (χ0v) is 13.1. The predicted molar refractivity (Wildman–Crippen MR) is 86.7 cm³/mol. The second kappa shape index (κ2) is 5.65. The maximum atomic E-state index is 5.55. The van der Waals surface area contributed by atoms with Crippen molar-refractivity contribution in [1.82, 2.24) is 29.9 Å². The minimum atomic E-state index is 0.315. The Kier molecular flexibility index (Phi) is 3.51. The fourth-order valence-corrected chi connectivity index (χ4v) is 4.46. The highest BCUT2D eigenvalue weighted by Crippen LogP contribution is 2.38. The number of anilines is 1. The Labute approximate surface area is 135 Å². The number of hydrogen-bond donors (Lipinski definition) is 2. The monoisotopic (exact) mass is 331 g/mol. The zero-order chi connectivity index (χ0) is 14.9. The van der Waals surface area contributed by atoms with Gasteiger partial charge in [-0.3, -0.25) is 4.57 Å². The molecule has 0 saturated heterocycles. The Hall–Kier alpha value is -2.00. The lowest BCUT2D eigenvalue weighted by Gasteiger charge is -2.13. The van der Waals surface area contributed by atoms with Gasteiger partial charge >= 0.3 is 0 Å². The van der Waals surface area contributed by atoms with Crippen molar-refractivity contribution in [2.75, 3.05) is 17.2 Å². The number of nitrogens with one attached hydrogen (secondary N) is 1. The van der Waals surface area contributed by atoms with Crippen molar-refractivity contribution in [3.05, 3.63) is 30.3 Å². The van der Waals surface area contributed by atoms with Crippen LogP contribution in [0.4, 0.5) is 5.95 Å². The fraction of sp³-hybridized carbons (Fsp3) is 0.231. The molecule has 9 heteroatoms. The van der Waals surface area contributed by atoms with Crippen molar-refractivity contribution in [2.24, 2.45) is 0 Å². The number of rotatable bonds is 4. The first-order valence-corrected chi connectivity index (χ1v) is 8.72. The van der Waals surface area contributed by atoms with Crippen molar-refractivity contribution in [1.29, 1.82) is 0 Å². The van der Waals surface area contributed by atoms with Crippen LogP contribution in [0.25, 0.3) is 11.4 Å². The van der Waals surface area contributed by atoms with Crippen LogP contribution in [0, 0.1) is 0 Å². The number of thioether (sulfide) groups is 2. The SMILES string of the molecule is Nc1nc(SC[C@H]2CSc3nnc(-c4ccccc4)n32)n[nH]1. The summed E-state index contributed by atoms with van der Waals surface area (Å²) in [7, 11) is 0. The summed E-state index contributed by atoms with van der Waals surface area (Å²) in [6.07, 6.45) is 0. The summed E-state index contributed by atoms with van der Waals surface area (Å²) in [6, 6.07) is 10.5. The lowest BCUT2D eigenvalue weighted by atomic mass is 10.2. The molecule has 0 unspecified atom stereocenters. The fourth-order valence-electron chi connectivity index (χ4n) is 2.35. The van der Waals surface area contributed by atoms with E-state index in [9.17, 15) is 0 Å². The van der Waals surface area contributed by atoms with Crippen LogP contribution >= 0.6 is 23.5 Å². The van der Waals surface area contributed by atoms with E-state index in [-0.39, 0.29) is 0 Å². The molecule has 1 aliphatic heterocycles. The molecule has 0 bridgehead atoms. The van der Waals surface area contributed by atoms with Crippen LogP contribution in [0.2, 0.25) is 0 Å². The molecule has 2 aromatic heterocycles. The quantitative estimate of drug-likeness (QED) is 0.706. The number of aromatic nitrogens is 6. The van der Waals surface area contributed by atoms with Gasteiger partial charge in [-0.25, -0.2) is 5.10 Å². The number of aromatic amines is 1. The van der Waals surface area contributed by atoms with E-state index in [1.165, 1.54) is 0 Å². The predicted octanol–water partition coefficient (Wildman–Crippen LogP) is 2.08.